The quantitative estimate of drug-likeness (QED) is 0.307. The first-order valence-corrected chi connectivity index (χ1v) is 13.3. The number of hydrazone groups is 1. The summed E-state index contributed by atoms with van der Waals surface area (Å²) in [6, 6.07) is 19.4. The van der Waals surface area contributed by atoms with E-state index < -0.39 is 0 Å². The van der Waals surface area contributed by atoms with Gasteiger partial charge in [-0.3, -0.25) is 9.59 Å². The number of fused-ring (bicyclic) bond motifs is 3. The Hall–Kier alpha value is -3.72. The Morgan fingerprint density at radius 1 is 0.917 bits per heavy atom. The van der Waals surface area contributed by atoms with Gasteiger partial charge in [0.15, 0.2) is 11.0 Å². The van der Waals surface area contributed by atoms with Crippen LogP contribution in [-0.4, -0.2) is 48.3 Å². The summed E-state index contributed by atoms with van der Waals surface area (Å²) in [4.78, 5) is 31.2. The summed E-state index contributed by atoms with van der Waals surface area (Å²) in [6.07, 6.45) is 4.68. The number of para-hydroxylation sites is 1. The van der Waals surface area contributed by atoms with E-state index in [-0.39, 0.29) is 17.2 Å². The van der Waals surface area contributed by atoms with Crippen molar-refractivity contribution < 1.29 is 4.79 Å². The second-order valence-electron chi connectivity index (χ2n) is 9.02. The topological polar surface area (TPSA) is 85.4 Å². The van der Waals surface area contributed by atoms with E-state index in [1.165, 1.54) is 16.4 Å². The molecule has 0 unspecified atom stereocenters. The summed E-state index contributed by atoms with van der Waals surface area (Å²) >= 11 is 1.40. The summed E-state index contributed by atoms with van der Waals surface area (Å²) in [5.41, 5.74) is 4.14. The van der Waals surface area contributed by atoms with Gasteiger partial charge in [-0.15, -0.1) is 5.10 Å². The van der Waals surface area contributed by atoms with Gasteiger partial charge in [0.25, 0.3) is 11.5 Å². The van der Waals surface area contributed by atoms with E-state index in [1.54, 1.807) is 5.01 Å². The number of carbonyl (C=O) groups excluding carboxylic acids is 1. The van der Waals surface area contributed by atoms with Crippen molar-refractivity contribution in [3.63, 3.8) is 0 Å². The SMILES string of the molecule is O=C(CSc1nc2nn(-c3ccccc3)c(=O)c-2c2n1CCCCC2)N1CCC(c2ccccc2)=N1. The molecule has 4 heterocycles. The molecule has 2 aromatic carbocycles. The maximum atomic E-state index is 13.4. The van der Waals surface area contributed by atoms with Crippen LogP contribution in [0.3, 0.4) is 0 Å². The van der Waals surface area contributed by atoms with E-state index in [1.807, 2.05) is 60.7 Å². The van der Waals surface area contributed by atoms with Crippen LogP contribution < -0.4 is 5.56 Å². The fraction of sp³-hybridized carbons (Fsp3) is 0.296. The number of hydrogen-bond donors (Lipinski definition) is 0. The van der Waals surface area contributed by atoms with Crippen LogP contribution in [0.2, 0.25) is 0 Å². The Morgan fingerprint density at radius 3 is 2.50 bits per heavy atom. The third-order valence-electron chi connectivity index (χ3n) is 6.69. The van der Waals surface area contributed by atoms with Crippen molar-refractivity contribution in [3.05, 3.63) is 82.3 Å². The average Bonchev–Trinajstić information content (AvgIpc) is 3.46. The van der Waals surface area contributed by atoms with Gasteiger partial charge in [0.1, 0.15) is 5.56 Å². The summed E-state index contributed by atoms with van der Waals surface area (Å²) in [5, 5.41) is 11.5. The highest BCUT2D eigenvalue weighted by Gasteiger charge is 2.28. The van der Waals surface area contributed by atoms with Crippen molar-refractivity contribution in [2.24, 2.45) is 5.10 Å². The van der Waals surface area contributed by atoms with Crippen LogP contribution in [-0.2, 0) is 17.8 Å². The van der Waals surface area contributed by atoms with Crippen molar-refractivity contribution in [1.29, 1.82) is 0 Å². The number of hydrogen-bond acceptors (Lipinski definition) is 6. The molecule has 0 fully saturated rings. The minimum atomic E-state index is -0.137. The van der Waals surface area contributed by atoms with Crippen molar-refractivity contribution in [1.82, 2.24) is 24.3 Å². The van der Waals surface area contributed by atoms with E-state index in [9.17, 15) is 9.59 Å². The van der Waals surface area contributed by atoms with Crippen LogP contribution in [0.15, 0.2) is 75.7 Å². The van der Waals surface area contributed by atoms with Crippen LogP contribution in [0.5, 0.6) is 0 Å². The molecule has 0 radical (unpaired) electrons. The largest absolute Gasteiger partial charge is 0.324 e. The normalized spacial score (nSPS) is 15.6. The number of rotatable bonds is 5. The van der Waals surface area contributed by atoms with Gasteiger partial charge in [-0.1, -0.05) is 66.7 Å². The van der Waals surface area contributed by atoms with Gasteiger partial charge < -0.3 is 4.57 Å². The Bertz CT molecular complexity index is 1460. The lowest BCUT2D eigenvalue weighted by Gasteiger charge is -2.18. The molecule has 0 saturated carbocycles. The third-order valence-corrected chi connectivity index (χ3v) is 7.65. The minimum Gasteiger partial charge on any atom is -0.324 e. The predicted octanol–water partition coefficient (Wildman–Crippen LogP) is 3.99. The molecule has 0 atom stereocenters. The number of thioether (sulfide) groups is 1. The first-order chi connectivity index (χ1) is 17.7. The van der Waals surface area contributed by atoms with Crippen LogP contribution in [0.1, 0.15) is 36.9 Å². The lowest BCUT2D eigenvalue weighted by molar-refractivity contribution is -0.127. The van der Waals surface area contributed by atoms with Crippen LogP contribution in [0.25, 0.3) is 17.1 Å². The highest BCUT2D eigenvalue weighted by molar-refractivity contribution is 7.99. The standard InChI is InChI=1S/C27H26N6O2S/c34-23(32-17-15-21(29-32)19-10-4-1-5-11-19)18-36-27-28-25-24(22-14-8-3-9-16-31(22)27)26(35)33(30-25)20-12-6-2-7-13-20/h1-2,4-7,10-13H,3,8-9,14-18H2. The van der Waals surface area contributed by atoms with Gasteiger partial charge in [-0.2, -0.15) is 9.78 Å². The molecule has 9 heteroatoms. The van der Waals surface area contributed by atoms with E-state index >= 15 is 0 Å². The second kappa shape index (κ2) is 9.73. The molecule has 182 valence electrons. The highest BCUT2D eigenvalue weighted by Crippen LogP contribution is 2.30. The van der Waals surface area contributed by atoms with Crippen molar-refractivity contribution in [3.8, 4) is 17.1 Å². The summed E-state index contributed by atoms with van der Waals surface area (Å²) < 4.78 is 3.57. The zero-order valence-electron chi connectivity index (χ0n) is 19.8. The molecule has 0 saturated heterocycles. The molecule has 4 aliphatic rings. The fourth-order valence-electron chi connectivity index (χ4n) is 4.88. The first-order valence-electron chi connectivity index (χ1n) is 12.3. The monoisotopic (exact) mass is 498 g/mol. The minimum absolute atomic E-state index is 0.0462. The number of benzene rings is 2. The van der Waals surface area contributed by atoms with E-state index in [4.69, 9.17) is 4.98 Å². The zero-order valence-corrected chi connectivity index (χ0v) is 20.7. The van der Waals surface area contributed by atoms with Gasteiger partial charge >= 0.3 is 0 Å². The van der Waals surface area contributed by atoms with Crippen molar-refractivity contribution in [2.75, 3.05) is 12.3 Å². The lowest BCUT2D eigenvalue weighted by Crippen LogP contribution is -2.25. The zero-order chi connectivity index (χ0) is 24.5. The summed E-state index contributed by atoms with van der Waals surface area (Å²) in [6.45, 7) is 1.37. The molecule has 4 aliphatic heterocycles. The summed E-state index contributed by atoms with van der Waals surface area (Å²) in [5.74, 6) is 0.625. The van der Waals surface area contributed by atoms with Gasteiger partial charge in [0.05, 0.1) is 23.7 Å². The number of carbonyl (C=O) groups is 1. The Kier molecular flexibility index (Phi) is 6.14. The molecule has 36 heavy (non-hydrogen) atoms. The maximum Gasteiger partial charge on any atom is 0.284 e. The number of amides is 1. The van der Waals surface area contributed by atoms with Gasteiger partial charge in [0, 0.05) is 18.7 Å². The van der Waals surface area contributed by atoms with E-state index in [0.29, 0.717) is 17.9 Å². The predicted molar refractivity (Wildman–Crippen MR) is 140 cm³/mol. The van der Waals surface area contributed by atoms with Gasteiger partial charge in [0.2, 0.25) is 0 Å². The van der Waals surface area contributed by atoms with Crippen LogP contribution >= 0.6 is 11.8 Å². The molecule has 0 aromatic heterocycles. The van der Waals surface area contributed by atoms with Crippen LogP contribution in [0, 0.1) is 0 Å². The van der Waals surface area contributed by atoms with Gasteiger partial charge in [-0.25, -0.2) is 9.99 Å². The molecular formula is C27H26N6O2S. The molecule has 8 nitrogen and oxygen atoms in total. The lowest BCUT2D eigenvalue weighted by atomic mass is 10.1. The van der Waals surface area contributed by atoms with E-state index in [2.05, 4.69) is 14.8 Å². The molecule has 0 N–H and O–H groups in total. The van der Waals surface area contributed by atoms with E-state index in [0.717, 1.165) is 66.5 Å². The number of nitrogens with zero attached hydrogens (tertiary/aromatic N) is 6. The smallest absolute Gasteiger partial charge is 0.284 e. The molecule has 2 aromatic rings. The Labute approximate surface area is 213 Å². The molecule has 0 bridgehead atoms. The second-order valence-corrected chi connectivity index (χ2v) is 9.97. The summed E-state index contributed by atoms with van der Waals surface area (Å²) in [7, 11) is 0. The van der Waals surface area contributed by atoms with Crippen molar-refractivity contribution >= 4 is 23.4 Å². The Morgan fingerprint density at radius 2 is 1.69 bits per heavy atom. The maximum absolute atomic E-state index is 13.4. The molecular weight excluding hydrogens is 472 g/mol. The molecule has 1 amide bonds. The van der Waals surface area contributed by atoms with Gasteiger partial charge in [-0.05, 0) is 37.0 Å². The average molecular weight is 499 g/mol. The Balaban J connectivity index is 1.30. The highest BCUT2D eigenvalue weighted by atomic mass is 32.2. The number of aromatic nitrogens is 4. The molecule has 0 aliphatic carbocycles. The third kappa shape index (κ3) is 4.24. The van der Waals surface area contributed by atoms with Crippen LogP contribution in [0.4, 0.5) is 0 Å². The molecule has 6 rings (SSSR count). The molecule has 0 spiro atoms. The first kappa shape index (κ1) is 22.7. The van der Waals surface area contributed by atoms with Crippen molar-refractivity contribution in [2.45, 2.75) is 43.8 Å². The fourth-order valence-corrected chi connectivity index (χ4v) is 5.79.